The van der Waals surface area contributed by atoms with Crippen molar-refractivity contribution in [3.8, 4) is 0 Å². The first-order valence-electron chi connectivity index (χ1n) is 6.58. The van der Waals surface area contributed by atoms with Gasteiger partial charge in [0.2, 0.25) is 5.91 Å². The highest BCUT2D eigenvalue weighted by atomic mass is 16.4. The first-order valence-corrected chi connectivity index (χ1v) is 6.58. The normalized spacial score (nSPS) is 17.6. The number of carbonyl (C=O) groups excluding carboxylic acids is 1. The van der Waals surface area contributed by atoms with Gasteiger partial charge in [0.15, 0.2) is 0 Å². The number of hydrogen-bond donors (Lipinski definition) is 2. The molecule has 4 heteroatoms. The molecule has 0 saturated heterocycles. The van der Waals surface area contributed by atoms with Crippen LogP contribution in [0.25, 0.3) is 0 Å². The van der Waals surface area contributed by atoms with E-state index in [1.807, 2.05) is 24.3 Å². The number of carboxylic acid groups (broad SMARTS) is 1. The number of nitrogens with one attached hydrogen (secondary N) is 1. The maximum absolute atomic E-state index is 12.2. The summed E-state index contributed by atoms with van der Waals surface area (Å²) in [5.74, 6) is -1.30. The van der Waals surface area contributed by atoms with Crippen molar-refractivity contribution in [1.29, 1.82) is 0 Å². The van der Waals surface area contributed by atoms with Gasteiger partial charge in [0, 0.05) is 5.92 Å². The summed E-state index contributed by atoms with van der Waals surface area (Å²) in [5, 5.41) is 11.9. The zero-order valence-corrected chi connectivity index (χ0v) is 11.3. The molecule has 1 aliphatic rings. The average Bonchev–Trinajstić information content (AvgIpc) is 2.82. The van der Waals surface area contributed by atoms with Gasteiger partial charge in [-0.2, -0.15) is 0 Å². The van der Waals surface area contributed by atoms with Gasteiger partial charge in [-0.25, -0.2) is 4.79 Å². The Morgan fingerprint density at radius 2 is 1.84 bits per heavy atom. The summed E-state index contributed by atoms with van der Waals surface area (Å²) in [7, 11) is 0. The standard InChI is InChI=1S/C15H19NO3/c1-3-15(2,14(18)19)16-13(17)12-8-10-6-4-5-7-11(10)9-12/h4-7,12H,3,8-9H2,1-2H3,(H,16,17)(H,18,19). The van der Waals surface area contributed by atoms with Crippen molar-refractivity contribution in [3.05, 3.63) is 35.4 Å². The minimum absolute atomic E-state index is 0.150. The fourth-order valence-corrected chi connectivity index (χ4v) is 2.41. The Labute approximate surface area is 112 Å². The van der Waals surface area contributed by atoms with Crippen LogP contribution in [0.2, 0.25) is 0 Å². The van der Waals surface area contributed by atoms with Gasteiger partial charge in [0.25, 0.3) is 0 Å². The number of fused-ring (bicyclic) bond motifs is 1. The molecular weight excluding hydrogens is 242 g/mol. The maximum Gasteiger partial charge on any atom is 0.329 e. The van der Waals surface area contributed by atoms with Crippen LogP contribution < -0.4 is 5.32 Å². The van der Waals surface area contributed by atoms with E-state index < -0.39 is 11.5 Å². The highest BCUT2D eigenvalue weighted by Gasteiger charge is 2.36. The second-order valence-corrected chi connectivity index (χ2v) is 5.35. The van der Waals surface area contributed by atoms with Crippen molar-refractivity contribution < 1.29 is 14.7 Å². The van der Waals surface area contributed by atoms with Crippen LogP contribution in [0.15, 0.2) is 24.3 Å². The van der Waals surface area contributed by atoms with Gasteiger partial charge in [0.1, 0.15) is 5.54 Å². The lowest BCUT2D eigenvalue weighted by Gasteiger charge is -2.26. The summed E-state index contributed by atoms with van der Waals surface area (Å²) in [6.07, 6.45) is 1.76. The Bertz CT molecular complexity index is 487. The molecule has 0 spiro atoms. The van der Waals surface area contributed by atoms with Crippen LogP contribution >= 0.6 is 0 Å². The summed E-state index contributed by atoms with van der Waals surface area (Å²) in [6.45, 7) is 3.31. The Hall–Kier alpha value is -1.84. The number of aliphatic carboxylic acids is 1. The third kappa shape index (κ3) is 2.62. The molecule has 1 aromatic carbocycles. The highest BCUT2D eigenvalue weighted by Crippen LogP contribution is 2.27. The van der Waals surface area contributed by atoms with Crippen molar-refractivity contribution in [2.24, 2.45) is 5.92 Å². The van der Waals surface area contributed by atoms with E-state index in [2.05, 4.69) is 5.32 Å². The minimum Gasteiger partial charge on any atom is -0.480 e. The molecule has 0 aromatic heterocycles. The van der Waals surface area contributed by atoms with Gasteiger partial charge in [0.05, 0.1) is 0 Å². The summed E-state index contributed by atoms with van der Waals surface area (Å²) < 4.78 is 0. The fraction of sp³-hybridized carbons (Fsp3) is 0.467. The van der Waals surface area contributed by atoms with Gasteiger partial charge in [-0.3, -0.25) is 4.79 Å². The van der Waals surface area contributed by atoms with Gasteiger partial charge >= 0.3 is 5.97 Å². The molecule has 1 amide bonds. The second-order valence-electron chi connectivity index (χ2n) is 5.35. The fourth-order valence-electron chi connectivity index (χ4n) is 2.41. The zero-order valence-electron chi connectivity index (χ0n) is 11.3. The maximum atomic E-state index is 12.2. The molecule has 0 heterocycles. The quantitative estimate of drug-likeness (QED) is 0.868. The van der Waals surface area contributed by atoms with Crippen molar-refractivity contribution >= 4 is 11.9 Å². The predicted octanol–water partition coefficient (Wildman–Crippen LogP) is 1.77. The van der Waals surface area contributed by atoms with E-state index >= 15 is 0 Å². The predicted molar refractivity (Wildman–Crippen MR) is 71.8 cm³/mol. The van der Waals surface area contributed by atoms with E-state index in [1.165, 1.54) is 11.1 Å². The van der Waals surface area contributed by atoms with E-state index in [1.54, 1.807) is 13.8 Å². The van der Waals surface area contributed by atoms with Crippen molar-refractivity contribution in [2.75, 3.05) is 0 Å². The molecule has 0 saturated carbocycles. The Morgan fingerprint density at radius 1 is 1.32 bits per heavy atom. The zero-order chi connectivity index (χ0) is 14.0. The van der Waals surface area contributed by atoms with Gasteiger partial charge in [-0.15, -0.1) is 0 Å². The van der Waals surface area contributed by atoms with E-state index in [9.17, 15) is 14.7 Å². The lowest BCUT2D eigenvalue weighted by atomic mass is 9.96. The van der Waals surface area contributed by atoms with E-state index in [0.717, 1.165) is 0 Å². The van der Waals surface area contributed by atoms with Crippen LogP contribution in [0.4, 0.5) is 0 Å². The molecule has 2 rings (SSSR count). The molecule has 1 atom stereocenters. The number of benzene rings is 1. The largest absolute Gasteiger partial charge is 0.480 e. The highest BCUT2D eigenvalue weighted by molar-refractivity contribution is 5.88. The van der Waals surface area contributed by atoms with Crippen molar-refractivity contribution in [1.82, 2.24) is 5.32 Å². The minimum atomic E-state index is -1.17. The van der Waals surface area contributed by atoms with Crippen LogP contribution in [0.3, 0.4) is 0 Å². The molecule has 0 bridgehead atoms. The summed E-state index contributed by atoms with van der Waals surface area (Å²) in [6, 6.07) is 7.98. The molecule has 0 fully saturated rings. The van der Waals surface area contributed by atoms with Crippen molar-refractivity contribution in [2.45, 2.75) is 38.6 Å². The van der Waals surface area contributed by atoms with E-state index in [-0.39, 0.29) is 11.8 Å². The molecule has 102 valence electrons. The molecule has 2 N–H and O–H groups in total. The molecule has 1 aliphatic carbocycles. The third-order valence-electron chi connectivity index (χ3n) is 4.00. The number of rotatable bonds is 4. The molecule has 0 radical (unpaired) electrons. The summed E-state index contributed by atoms with van der Waals surface area (Å²) in [5.41, 5.74) is 1.21. The molecular formula is C15H19NO3. The molecule has 19 heavy (non-hydrogen) atoms. The molecule has 1 aromatic rings. The lowest BCUT2D eigenvalue weighted by Crippen LogP contribution is -2.53. The first-order chi connectivity index (χ1) is 8.96. The van der Waals surface area contributed by atoms with Crippen LogP contribution in [0, 0.1) is 5.92 Å². The van der Waals surface area contributed by atoms with E-state index in [4.69, 9.17) is 0 Å². The number of carbonyl (C=O) groups is 2. The monoisotopic (exact) mass is 261 g/mol. The van der Waals surface area contributed by atoms with Crippen LogP contribution in [-0.4, -0.2) is 22.5 Å². The van der Waals surface area contributed by atoms with Crippen LogP contribution in [0.1, 0.15) is 31.4 Å². The number of carboxylic acids is 1. The van der Waals surface area contributed by atoms with E-state index in [0.29, 0.717) is 19.3 Å². The summed E-state index contributed by atoms with van der Waals surface area (Å²) >= 11 is 0. The lowest BCUT2D eigenvalue weighted by molar-refractivity contribution is -0.147. The first kappa shape index (κ1) is 13.6. The van der Waals surface area contributed by atoms with Gasteiger partial charge in [-0.05, 0) is 37.3 Å². The Kier molecular flexibility index (Phi) is 3.60. The average molecular weight is 261 g/mol. The molecule has 4 nitrogen and oxygen atoms in total. The van der Waals surface area contributed by atoms with Crippen LogP contribution in [-0.2, 0) is 22.4 Å². The Morgan fingerprint density at radius 3 is 2.26 bits per heavy atom. The number of amides is 1. The molecule has 0 aliphatic heterocycles. The van der Waals surface area contributed by atoms with Gasteiger partial charge in [-0.1, -0.05) is 31.2 Å². The molecule has 1 unspecified atom stereocenters. The number of hydrogen-bond acceptors (Lipinski definition) is 2. The van der Waals surface area contributed by atoms with Crippen molar-refractivity contribution in [3.63, 3.8) is 0 Å². The van der Waals surface area contributed by atoms with Gasteiger partial charge < -0.3 is 10.4 Å². The smallest absolute Gasteiger partial charge is 0.329 e. The third-order valence-corrected chi connectivity index (χ3v) is 4.00. The summed E-state index contributed by atoms with van der Waals surface area (Å²) in [4.78, 5) is 23.4. The Balaban J connectivity index is 2.06. The SMILES string of the molecule is CCC(C)(NC(=O)C1Cc2ccccc2C1)C(=O)O. The topological polar surface area (TPSA) is 66.4 Å². The second kappa shape index (κ2) is 5.03. The van der Waals surface area contributed by atoms with Crippen LogP contribution in [0.5, 0.6) is 0 Å².